The third kappa shape index (κ3) is 11.2. The smallest absolute Gasteiger partial charge is 0.303 e. The van der Waals surface area contributed by atoms with Crippen LogP contribution in [0.4, 0.5) is 11.4 Å². The fourth-order valence-corrected chi connectivity index (χ4v) is 10.3. The van der Waals surface area contributed by atoms with E-state index in [9.17, 15) is 34.0 Å². The molecule has 5 N–H and O–H groups in total. The van der Waals surface area contributed by atoms with Crippen LogP contribution in [-0.4, -0.2) is 113 Å². The number of rotatable bonds is 23. The Bertz CT molecular complexity index is 2410. The number of Topliss-reactive ketones (excluding diaryl/α,β-unsaturated/α-hetero) is 1. The summed E-state index contributed by atoms with van der Waals surface area (Å²) in [5.74, 6) is -2.79. The summed E-state index contributed by atoms with van der Waals surface area (Å²) in [7, 11) is 4.00. The third-order valence-electron chi connectivity index (χ3n) is 13.5. The molecule has 68 heavy (non-hydrogen) atoms. The topological polar surface area (TPSA) is 222 Å². The minimum absolute atomic E-state index is 0.0193. The van der Waals surface area contributed by atoms with E-state index < -0.39 is 46.7 Å². The van der Waals surface area contributed by atoms with Crippen LogP contribution in [0.5, 0.6) is 0 Å². The number of amides is 4. The second-order valence-electron chi connectivity index (χ2n) is 18.7. The van der Waals surface area contributed by atoms with Crippen LogP contribution in [0.2, 0.25) is 0 Å². The number of hydrogen-bond donors (Lipinski definition) is 5. The van der Waals surface area contributed by atoms with Crippen molar-refractivity contribution in [1.82, 2.24) is 26.2 Å². The monoisotopic (exact) mass is 955 g/mol. The second kappa shape index (κ2) is 22.5. The standard InChI is InChI=1S/C50H65N7O10S/c1-8-35(46(62)51-26-16-14-24-43(59)60)53-42(58)23-13-15-25-52-47(63)36(30-68-67-66-65)54-48(64)39-22-17-27-57(39)44-31(28-40-49(2,3)33-18-9-11-20-37(33)55(40)6)45(61)32(44)29-41-50(4,5)34-19-10-12-21-38(34)56(41)7/h9-12,18-21,28-29,35-36,39H,8,13-17,22-27,30H2,1-7H3,(H5-,51,52,53,54,58,59,60,62,63,64,65)/t35?,36-,39+/m0/s1. The summed E-state index contributed by atoms with van der Waals surface area (Å²) in [6.07, 6.45) is 7.30. The van der Waals surface area contributed by atoms with Gasteiger partial charge < -0.3 is 41.4 Å². The van der Waals surface area contributed by atoms with Gasteiger partial charge in [-0.3, -0.25) is 33.8 Å². The van der Waals surface area contributed by atoms with E-state index in [4.69, 9.17) is 5.11 Å². The number of fused-ring (bicyclic) bond motifs is 2. The lowest BCUT2D eigenvalue weighted by Crippen LogP contribution is -2.54. The molecule has 6 rings (SSSR count). The number of carboxylic acid groups (broad SMARTS) is 1. The van der Waals surface area contributed by atoms with Gasteiger partial charge in [0, 0.05) is 91.6 Å². The molecule has 1 saturated heterocycles. The SMILES string of the molecule is CCC(NC(=O)CCCCNC(=O)[C@H](CSOO[O-])NC(=O)[C@H]1CCCN1C1=C(/C=C2/N(C)c3ccccc3C2(C)C)C(=O)/C1=C\C1=[N+](C)c2ccccc2C1(C)C)C(=O)NCCCCC(=O)O. The Kier molecular flexibility index (Phi) is 17.1. The summed E-state index contributed by atoms with van der Waals surface area (Å²) < 4.78 is 6.61. The molecule has 17 nitrogen and oxygen atoms in total. The molecule has 1 fully saturated rings. The maximum atomic E-state index is 14.6. The van der Waals surface area contributed by atoms with E-state index in [2.05, 4.69) is 92.1 Å². The van der Waals surface area contributed by atoms with E-state index in [1.165, 1.54) is 0 Å². The molecule has 2 aromatic rings. The molecule has 366 valence electrons. The molecular formula is C50H65N7O10S. The van der Waals surface area contributed by atoms with Crippen molar-refractivity contribution in [1.29, 1.82) is 0 Å². The Morgan fingerprint density at radius 2 is 1.54 bits per heavy atom. The predicted octanol–water partition coefficient (Wildman–Crippen LogP) is 4.14. The average Bonchev–Trinajstić information content (AvgIpc) is 3.92. The Balaban J connectivity index is 1.16. The van der Waals surface area contributed by atoms with Crippen LogP contribution in [-0.2, 0) is 49.0 Å². The van der Waals surface area contributed by atoms with Gasteiger partial charge in [-0.15, -0.1) is 0 Å². The normalized spacial score (nSPS) is 20.0. The Morgan fingerprint density at radius 1 is 0.897 bits per heavy atom. The number of likely N-dealkylation sites (tertiary alicyclic amines) is 1. The van der Waals surface area contributed by atoms with Gasteiger partial charge in [-0.25, -0.2) is 0 Å². The zero-order valence-corrected chi connectivity index (χ0v) is 40.9. The third-order valence-corrected chi connectivity index (χ3v) is 14.2. The number of anilines is 1. The molecule has 0 radical (unpaired) electrons. The molecule has 2 aromatic carbocycles. The van der Waals surface area contributed by atoms with Gasteiger partial charge in [0.15, 0.2) is 11.5 Å². The first kappa shape index (κ1) is 51.6. The van der Waals surface area contributed by atoms with Crippen LogP contribution in [0.3, 0.4) is 0 Å². The molecule has 3 atom stereocenters. The summed E-state index contributed by atoms with van der Waals surface area (Å²) >= 11 is 0.573. The highest BCUT2D eigenvalue weighted by Crippen LogP contribution is 2.49. The van der Waals surface area contributed by atoms with Gasteiger partial charge in [-0.1, -0.05) is 57.2 Å². The molecule has 0 aromatic heterocycles. The van der Waals surface area contributed by atoms with Gasteiger partial charge in [0.25, 0.3) is 0 Å². The van der Waals surface area contributed by atoms with Gasteiger partial charge in [0.05, 0.1) is 22.4 Å². The number of ketones is 1. The van der Waals surface area contributed by atoms with E-state index in [1.807, 2.05) is 55.4 Å². The Labute approximate surface area is 402 Å². The highest BCUT2D eigenvalue weighted by Gasteiger charge is 2.49. The average molecular weight is 956 g/mol. The van der Waals surface area contributed by atoms with Crippen LogP contribution in [0.1, 0.15) is 104 Å². The Hall–Kier alpha value is -5.82. The van der Waals surface area contributed by atoms with Crippen LogP contribution in [0.25, 0.3) is 0 Å². The highest BCUT2D eigenvalue weighted by molar-refractivity contribution is 7.94. The molecule has 1 aliphatic carbocycles. The largest absolute Gasteiger partial charge is 0.691 e. The van der Waals surface area contributed by atoms with Gasteiger partial charge in [-0.2, -0.15) is 8.91 Å². The maximum absolute atomic E-state index is 14.6. The number of nitrogens with zero attached hydrogens (tertiary/aromatic N) is 3. The van der Waals surface area contributed by atoms with Crippen molar-refractivity contribution in [3.8, 4) is 0 Å². The molecule has 18 heteroatoms. The maximum Gasteiger partial charge on any atom is 0.303 e. The number of hydrogen-bond acceptors (Lipinski definition) is 12. The van der Waals surface area contributed by atoms with Crippen LogP contribution in [0.15, 0.2) is 83.2 Å². The Morgan fingerprint density at radius 3 is 2.19 bits per heavy atom. The van der Waals surface area contributed by atoms with E-state index in [1.54, 1.807) is 6.92 Å². The number of aliphatic carboxylic acids is 1. The molecule has 4 aliphatic rings. The minimum atomic E-state index is -1.14. The molecular weight excluding hydrogens is 891 g/mol. The van der Waals surface area contributed by atoms with Crippen LogP contribution >= 0.6 is 12.0 Å². The first-order chi connectivity index (χ1) is 32.4. The van der Waals surface area contributed by atoms with Gasteiger partial charge in [0.1, 0.15) is 25.2 Å². The molecule has 0 bridgehead atoms. The lowest BCUT2D eigenvalue weighted by atomic mass is 9.76. The lowest BCUT2D eigenvalue weighted by molar-refractivity contribution is -0.777. The van der Waals surface area contributed by atoms with E-state index >= 15 is 0 Å². The molecule has 0 spiro atoms. The molecule has 4 amide bonds. The summed E-state index contributed by atoms with van der Waals surface area (Å²) in [5.41, 5.74) is 7.15. The number of benzene rings is 2. The van der Waals surface area contributed by atoms with Crippen molar-refractivity contribution < 1.29 is 53.1 Å². The summed E-state index contributed by atoms with van der Waals surface area (Å²) in [6, 6.07) is 13.8. The van der Waals surface area contributed by atoms with E-state index in [0.717, 1.165) is 33.9 Å². The van der Waals surface area contributed by atoms with Crippen molar-refractivity contribution in [3.05, 3.63) is 94.4 Å². The number of carbonyl (C=O) groups excluding carboxylic acids is 5. The molecule has 0 saturated carbocycles. The molecule has 3 aliphatic heterocycles. The quantitative estimate of drug-likeness (QED) is 0.0264. The number of carbonyl (C=O) groups is 6. The number of allylic oxidation sites excluding steroid dienone is 5. The zero-order valence-electron chi connectivity index (χ0n) is 40.1. The van der Waals surface area contributed by atoms with E-state index in [-0.39, 0.29) is 42.7 Å². The van der Waals surface area contributed by atoms with Gasteiger partial charge >= 0.3 is 5.97 Å². The predicted molar refractivity (Wildman–Crippen MR) is 256 cm³/mol. The van der Waals surface area contributed by atoms with Crippen molar-refractivity contribution in [3.63, 3.8) is 0 Å². The molecule has 1 unspecified atom stereocenters. The second-order valence-corrected chi connectivity index (χ2v) is 19.4. The summed E-state index contributed by atoms with van der Waals surface area (Å²) in [5, 5.41) is 34.2. The zero-order chi connectivity index (χ0) is 49.3. The number of para-hydroxylation sites is 2. The van der Waals surface area contributed by atoms with Gasteiger partial charge in [-0.05, 0) is 76.5 Å². The number of carboxylic acids is 1. The minimum Gasteiger partial charge on any atom is -0.691 e. The highest BCUT2D eigenvalue weighted by atomic mass is 32.2. The first-order valence-electron chi connectivity index (χ1n) is 23.4. The van der Waals surface area contributed by atoms with Crippen molar-refractivity contribution in [2.75, 3.05) is 44.4 Å². The summed E-state index contributed by atoms with van der Waals surface area (Å²) in [4.78, 5) is 82.7. The molecule has 3 heterocycles. The first-order valence-corrected chi connectivity index (χ1v) is 24.3. The number of unbranched alkanes of at least 4 members (excludes halogenated alkanes) is 2. The van der Waals surface area contributed by atoms with Crippen molar-refractivity contribution >= 4 is 64.5 Å². The van der Waals surface area contributed by atoms with Crippen LogP contribution < -0.4 is 31.4 Å². The van der Waals surface area contributed by atoms with Gasteiger partial charge in [0.2, 0.25) is 29.3 Å². The van der Waals surface area contributed by atoms with Crippen molar-refractivity contribution in [2.45, 2.75) is 121 Å². The lowest BCUT2D eigenvalue weighted by Gasteiger charge is -2.37. The fraction of sp³-hybridized carbons (Fsp3) is 0.500. The van der Waals surface area contributed by atoms with Crippen LogP contribution in [0, 0.1) is 0 Å². The number of likely N-dealkylation sites (N-methyl/N-ethyl adjacent to an activating group) is 1. The fourth-order valence-electron chi connectivity index (χ4n) is 9.79. The van der Waals surface area contributed by atoms with Crippen molar-refractivity contribution in [2.24, 2.45) is 0 Å². The number of nitrogens with one attached hydrogen (secondary N) is 4. The summed E-state index contributed by atoms with van der Waals surface area (Å²) in [6.45, 7) is 11.3. The van der Waals surface area contributed by atoms with E-state index in [0.29, 0.717) is 86.9 Å².